The fraction of sp³-hybridized carbons (Fsp3) is 0.0769. The maximum Gasteiger partial charge on any atom is 0.272 e. The number of hydrogen-bond acceptors (Lipinski definition) is 4. The van der Waals surface area contributed by atoms with Crippen molar-refractivity contribution < 1.29 is 9.72 Å². The number of pyridine rings is 1. The average molecular weight is 383 g/mol. The Bertz CT molecular complexity index is 688. The molecule has 0 aliphatic rings. The molecule has 0 spiro atoms. The Kier molecular flexibility index (Phi) is 4.28. The molecule has 0 atom stereocenters. The fourth-order valence-corrected chi connectivity index (χ4v) is 2.14. The molecule has 0 unspecified atom stereocenters. The lowest BCUT2D eigenvalue weighted by Gasteiger charge is -2.06. The summed E-state index contributed by atoms with van der Waals surface area (Å²) in [4.78, 5) is 26.4. The molecule has 102 valence electrons. The minimum atomic E-state index is -0.474. The highest BCUT2D eigenvalue weighted by atomic mass is 127. The molecule has 1 aromatic heterocycles. The van der Waals surface area contributed by atoms with E-state index in [1.54, 1.807) is 19.2 Å². The Morgan fingerprint density at radius 2 is 2.15 bits per heavy atom. The van der Waals surface area contributed by atoms with Crippen LogP contribution in [0.25, 0.3) is 0 Å². The lowest BCUT2D eigenvalue weighted by atomic mass is 10.1. The number of nitro benzene ring substituents is 1. The van der Waals surface area contributed by atoms with Gasteiger partial charge in [0.05, 0.1) is 8.49 Å². The Morgan fingerprint density at radius 3 is 2.75 bits per heavy atom. The Morgan fingerprint density at radius 1 is 1.40 bits per heavy atom. The second kappa shape index (κ2) is 5.95. The van der Waals surface area contributed by atoms with Gasteiger partial charge in [-0.15, -0.1) is 0 Å². The summed E-state index contributed by atoms with van der Waals surface area (Å²) < 4.78 is 0.817. The van der Waals surface area contributed by atoms with Crippen LogP contribution in [0, 0.1) is 20.6 Å². The number of benzene rings is 1. The van der Waals surface area contributed by atoms with Crippen LogP contribution in [-0.4, -0.2) is 15.8 Å². The van der Waals surface area contributed by atoms with Crippen molar-refractivity contribution in [3.63, 3.8) is 0 Å². The van der Waals surface area contributed by atoms with Gasteiger partial charge in [-0.1, -0.05) is 0 Å². The van der Waals surface area contributed by atoms with Crippen LogP contribution in [0.3, 0.4) is 0 Å². The number of carbonyl (C=O) groups is 1. The number of hydrogen-bond donors (Lipinski definition) is 1. The lowest BCUT2D eigenvalue weighted by Crippen LogP contribution is -2.14. The fourth-order valence-electron chi connectivity index (χ4n) is 1.66. The predicted octanol–water partition coefficient (Wildman–Crippen LogP) is 3.16. The van der Waals surface area contributed by atoms with E-state index in [0.29, 0.717) is 16.9 Å². The van der Waals surface area contributed by atoms with Gasteiger partial charge in [0, 0.05) is 23.4 Å². The summed E-state index contributed by atoms with van der Waals surface area (Å²) in [6.07, 6.45) is 1.58. The van der Waals surface area contributed by atoms with Gasteiger partial charge in [0.15, 0.2) is 0 Å². The SMILES string of the molecule is Cc1cc(C(=O)Nc2ncccc2I)ccc1[N+](=O)[O-]. The second-order valence-electron chi connectivity index (χ2n) is 4.05. The highest BCUT2D eigenvalue weighted by Crippen LogP contribution is 2.20. The third-order valence-corrected chi connectivity index (χ3v) is 3.52. The molecule has 0 aliphatic carbocycles. The van der Waals surface area contributed by atoms with Crippen LogP contribution in [0.4, 0.5) is 11.5 Å². The van der Waals surface area contributed by atoms with Gasteiger partial charge in [-0.05, 0) is 53.8 Å². The summed E-state index contributed by atoms with van der Waals surface area (Å²) in [5, 5.41) is 13.4. The van der Waals surface area contributed by atoms with Gasteiger partial charge >= 0.3 is 0 Å². The third kappa shape index (κ3) is 3.10. The zero-order chi connectivity index (χ0) is 14.7. The van der Waals surface area contributed by atoms with Gasteiger partial charge < -0.3 is 5.32 Å². The molecule has 2 rings (SSSR count). The number of aromatic nitrogens is 1. The highest BCUT2D eigenvalue weighted by molar-refractivity contribution is 14.1. The van der Waals surface area contributed by atoms with Crippen molar-refractivity contribution in [3.05, 3.63) is 61.3 Å². The molecule has 0 bridgehead atoms. The van der Waals surface area contributed by atoms with Crippen LogP contribution in [0.2, 0.25) is 0 Å². The van der Waals surface area contributed by atoms with Crippen molar-refractivity contribution in [1.82, 2.24) is 4.98 Å². The van der Waals surface area contributed by atoms with Gasteiger partial charge in [0.25, 0.3) is 11.6 Å². The molecule has 6 nitrogen and oxygen atoms in total. The number of carbonyl (C=O) groups excluding carboxylic acids is 1. The van der Waals surface area contributed by atoms with E-state index < -0.39 is 4.92 Å². The summed E-state index contributed by atoms with van der Waals surface area (Å²) in [6, 6.07) is 7.84. The topological polar surface area (TPSA) is 85.1 Å². The third-order valence-electron chi connectivity index (χ3n) is 2.65. The molecule has 1 aromatic carbocycles. The van der Waals surface area contributed by atoms with Crippen LogP contribution in [0.15, 0.2) is 36.5 Å². The summed E-state index contributed by atoms with van der Waals surface area (Å²) >= 11 is 2.07. The van der Waals surface area contributed by atoms with Crippen LogP contribution in [-0.2, 0) is 0 Å². The van der Waals surface area contributed by atoms with Crippen LogP contribution < -0.4 is 5.32 Å². The number of nitrogens with one attached hydrogen (secondary N) is 1. The molecule has 0 saturated carbocycles. The quantitative estimate of drug-likeness (QED) is 0.501. The molecule has 0 radical (unpaired) electrons. The molecular weight excluding hydrogens is 373 g/mol. The minimum Gasteiger partial charge on any atom is -0.306 e. The van der Waals surface area contributed by atoms with Gasteiger partial charge in [-0.2, -0.15) is 0 Å². The lowest BCUT2D eigenvalue weighted by molar-refractivity contribution is -0.385. The molecule has 0 saturated heterocycles. The molecule has 1 N–H and O–H groups in total. The van der Waals surface area contributed by atoms with E-state index in [1.807, 2.05) is 6.07 Å². The first-order valence-electron chi connectivity index (χ1n) is 5.66. The molecule has 2 aromatic rings. The van der Waals surface area contributed by atoms with Gasteiger partial charge in [0.1, 0.15) is 5.82 Å². The van der Waals surface area contributed by atoms with Crippen LogP contribution in [0.1, 0.15) is 15.9 Å². The molecule has 1 amide bonds. The summed E-state index contributed by atoms with van der Waals surface area (Å²) in [7, 11) is 0. The van der Waals surface area contributed by atoms with E-state index in [0.717, 1.165) is 3.57 Å². The Balaban J connectivity index is 2.24. The number of nitrogens with zero attached hydrogens (tertiary/aromatic N) is 2. The first-order valence-corrected chi connectivity index (χ1v) is 6.74. The maximum absolute atomic E-state index is 12.1. The maximum atomic E-state index is 12.1. The zero-order valence-electron chi connectivity index (χ0n) is 10.5. The Labute approximate surface area is 128 Å². The first kappa shape index (κ1) is 14.4. The zero-order valence-corrected chi connectivity index (χ0v) is 12.6. The van der Waals surface area contributed by atoms with Crippen molar-refractivity contribution in [2.45, 2.75) is 6.92 Å². The number of nitro groups is 1. The molecule has 20 heavy (non-hydrogen) atoms. The van der Waals surface area contributed by atoms with Crippen molar-refractivity contribution >= 4 is 40.0 Å². The van der Waals surface area contributed by atoms with E-state index in [2.05, 4.69) is 32.9 Å². The standard InChI is InChI=1S/C13H10IN3O3/c1-8-7-9(4-5-11(8)17(19)20)13(18)16-12-10(14)3-2-6-15-12/h2-7H,1H3,(H,15,16,18). The number of halogens is 1. The van der Waals surface area contributed by atoms with Crippen molar-refractivity contribution in [1.29, 1.82) is 0 Å². The van der Waals surface area contributed by atoms with E-state index in [9.17, 15) is 14.9 Å². The van der Waals surface area contributed by atoms with Gasteiger partial charge in [-0.3, -0.25) is 14.9 Å². The van der Waals surface area contributed by atoms with Gasteiger partial charge in [-0.25, -0.2) is 4.98 Å². The monoisotopic (exact) mass is 383 g/mol. The largest absolute Gasteiger partial charge is 0.306 e. The van der Waals surface area contributed by atoms with E-state index in [1.165, 1.54) is 18.2 Å². The van der Waals surface area contributed by atoms with Gasteiger partial charge in [0.2, 0.25) is 0 Å². The average Bonchev–Trinajstić information content (AvgIpc) is 2.40. The first-order chi connectivity index (χ1) is 9.49. The minimum absolute atomic E-state index is 0.00559. The van der Waals surface area contributed by atoms with Crippen LogP contribution in [0.5, 0.6) is 0 Å². The number of anilines is 1. The number of rotatable bonds is 3. The van der Waals surface area contributed by atoms with Crippen molar-refractivity contribution in [2.24, 2.45) is 0 Å². The Hall–Kier alpha value is -2.03. The smallest absolute Gasteiger partial charge is 0.272 e. The van der Waals surface area contributed by atoms with Crippen molar-refractivity contribution in [3.8, 4) is 0 Å². The predicted molar refractivity (Wildman–Crippen MR) is 82.7 cm³/mol. The van der Waals surface area contributed by atoms with E-state index in [4.69, 9.17) is 0 Å². The van der Waals surface area contributed by atoms with Crippen LogP contribution >= 0.6 is 22.6 Å². The van der Waals surface area contributed by atoms with E-state index in [-0.39, 0.29) is 11.6 Å². The molecule has 1 heterocycles. The normalized spacial score (nSPS) is 10.1. The number of aryl methyl sites for hydroxylation is 1. The summed E-state index contributed by atoms with van der Waals surface area (Å²) in [6.45, 7) is 1.60. The molecule has 7 heteroatoms. The molecule has 0 fully saturated rings. The molecule has 0 aliphatic heterocycles. The van der Waals surface area contributed by atoms with E-state index >= 15 is 0 Å². The molecular formula is C13H10IN3O3. The van der Waals surface area contributed by atoms with Crippen molar-refractivity contribution in [2.75, 3.05) is 5.32 Å². The second-order valence-corrected chi connectivity index (χ2v) is 5.21. The number of amides is 1. The summed E-state index contributed by atoms with van der Waals surface area (Å²) in [5.74, 6) is 0.119. The summed E-state index contributed by atoms with van der Waals surface area (Å²) in [5.41, 5.74) is 0.793. The highest BCUT2D eigenvalue weighted by Gasteiger charge is 2.14.